The zero-order valence-electron chi connectivity index (χ0n) is 23.7. The van der Waals surface area contributed by atoms with Gasteiger partial charge in [0.15, 0.2) is 0 Å². The Morgan fingerprint density at radius 3 is 2.00 bits per heavy atom. The number of rotatable bonds is 3. The summed E-state index contributed by atoms with van der Waals surface area (Å²) in [6, 6.07) is 21.4. The Morgan fingerprint density at radius 1 is 0.658 bits per heavy atom. The van der Waals surface area contributed by atoms with E-state index in [0.717, 1.165) is 51.8 Å². The van der Waals surface area contributed by atoms with Gasteiger partial charge in [0.25, 0.3) is 0 Å². The lowest BCUT2D eigenvalue weighted by Gasteiger charge is -2.51. The van der Waals surface area contributed by atoms with Crippen LogP contribution in [0.5, 0.6) is 17.2 Å². The van der Waals surface area contributed by atoms with E-state index >= 15 is 0 Å². The molecule has 196 valence electrons. The summed E-state index contributed by atoms with van der Waals surface area (Å²) in [6.07, 6.45) is 3.31. The molecule has 0 heterocycles. The Kier molecular flexibility index (Phi) is 5.41. The van der Waals surface area contributed by atoms with Crippen LogP contribution < -0.4 is 9.47 Å². The van der Waals surface area contributed by atoms with Crippen molar-refractivity contribution in [1.29, 1.82) is 0 Å². The molecule has 4 aromatic rings. The van der Waals surface area contributed by atoms with Crippen molar-refractivity contribution in [2.75, 3.05) is 14.2 Å². The Balaban J connectivity index is 1.71. The summed E-state index contributed by atoms with van der Waals surface area (Å²) in [4.78, 5) is 0. The van der Waals surface area contributed by atoms with Crippen LogP contribution in [0.15, 0.2) is 60.7 Å². The Labute approximate surface area is 226 Å². The first-order chi connectivity index (χ1) is 18.0. The van der Waals surface area contributed by atoms with Crippen molar-refractivity contribution in [2.45, 2.75) is 59.3 Å². The summed E-state index contributed by atoms with van der Waals surface area (Å²) in [5.74, 6) is 1.84. The zero-order chi connectivity index (χ0) is 27.0. The third kappa shape index (κ3) is 3.62. The number of phenols is 1. The molecule has 0 aromatic heterocycles. The molecular formula is C35H38O3. The van der Waals surface area contributed by atoms with Crippen LogP contribution in [0.3, 0.4) is 0 Å². The molecule has 0 unspecified atom stereocenters. The van der Waals surface area contributed by atoms with Gasteiger partial charge < -0.3 is 14.6 Å². The van der Waals surface area contributed by atoms with E-state index in [1.807, 2.05) is 6.07 Å². The number of hydrogen-bond donors (Lipinski definition) is 1. The molecular weight excluding hydrogens is 468 g/mol. The monoisotopic (exact) mass is 506 g/mol. The molecule has 2 aliphatic rings. The average Bonchev–Trinajstić information content (AvgIpc) is 3.09. The van der Waals surface area contributed by atoms with Crippen molar-refractivity contribution >= 4 is 10.8 Å². The predicted molar refractivity (Wildman–Crippen MR) is 157 cm³/mol. The minimum Gasteiger partial charge on any atom is -0.507 e. The molecule has 1 spiro atoms. The Morgan fingerprint density at radius 2 is 1.32 bits per heavy atom. The summed E-state index contributed by atoms with van der Waals surface area (Å²) in [7, 11) is 3.40. The highest BCUT2D eigenvalue weighted by Crippen LogP contribution is 2.65. The highest BCUT2D eigenvalue weighted by Gasteiger charge is 2.53. The number of phenolic OH excluding ortho intramolecular Hbond substituents is 1. The molecule has 0 amide bonds. The second kappa shape index (κ2) is 8.27. The highest BCUT2D eigenvalue weighted by atomic mass is 16.5. The van der Waals surface area contributed by atoms with E-state index in [2.05, 4.69) is 89.2 Å². The van der Waals surface area contributed by atoms with Crippen LogP contribution in [0.2, 0.25) is 0 Å². The molecule has 0 saturated heterocycles. The summed E-state index contributed by atoms with van der Waals surface area (Å²) in [5.41, 5.74) is 8.51. The standard InChI is InChI=1S/C35H38O3/c1-21-12-13-22(30(14-21)37-6)25-15-26-24(16-31(25)38-7)29(36)17-28-32(26)23-10-8-9-11-27(23)35(28)19-33(2,3)18-34(4,5)20-35/h8-17,36H,18-20H2,1-7H3. The maximum absolute atomic E-state index is 11.5. The van der Waals surface area contributed by atoms with Crippen molar-refractivity contribution < 1.29 is 14.6 Å². The second-order valence-electron chi connectivity index (χ2n) is 13.1. The lowest BCUT2D eigenvalue weighted by Crippen LogP contribution is -2.43. The largest absolute Gasteiger partial charge is 0.507 e. The molecule has 6 rings (SSSR count). The third-order valence-corrected chi connectivity index (χ3v) is 8.83. The van der Waals surface area contributed by atoms with E-state index in [9.17, 15) is 5.11 Å². The number of methoxy groups -OCH3 is 2. The smallest absolute Gasteiger partial charge is 0.127 e. The van der Waals surface area contributed by atoms with Crippen molar-refractivity contribution in [3.8, 4) is 39.5 Å². The van der Waals surface area contributed by atoms with Crippen molar-refractivity contribution in [1.82, 2.24) is 0 Å². The number of benzene rings is 4. The van der Waals surface area contributed by atoms with Crippen molar-refractivity contribution in [3.63, 3.8) is 0 Å². The van der Waals surface area contributed by atoms with E-state index in [1.165, 1.54) is 28.7 Å². The fourth-order valence-corrected chi connectivity index (χ4v) is 8.26. The van der Waals surface area contributed by atoms with Gasteiger partial charge in [0.2, 0.25) is 0 Å². The molecule has 38 heavy (non-hydrogen) atoms. The van der Waals surface area contributed by atoms with Gasteiger partial charge in [-0.15, -0.1) is 0 Å². The molecule has 0 bridgehead atoms. The van der Waals surface area contributed by atoms with Gasteiger partial charge in [0, 0.05) is 21.9 Å². The van der Waals surface area contributed by atoms with Gasteiger partial charge in [-0.25, -0.2) is 0 Å². The van der Waals surface area contributed by atoms with Gasteiger partial charge in [-0.05, 0) is 94.5 Å². The van der Waals surface area contributed by atoms with E-state index in [-0.39, 0.29) is 16.2 Å². The quantitative estimate of drug-likeness (QED) is 0.301. The second-order valence-corrected chi connectivity index (χ2v) is 13.1. The van der Waals surface area contributed by atoms with Crippen LogP contribution in [0.25, 0.3) is 33.0 Å². The summed E-state index contributed by atoms with van der Waals surface area (Å²) < 4.78 is 11.7. The molecule has 0 radical (unpaired) electrons. The van der Waals surface area contributed by atoms with E-state index in [1.54, 1.807) is 14.2 Å². The minimum absolute atomic E-state index is 0.134. The molecule has 1 fully saturated rings. The number of aryl methyl sites for hydroxylation is 1. The molecule has 4 aromatic carbocycles. The lowest BCUT2D eigenvalue weighted by molar-refractivity contribution is 0.0645. The first-order valence-corrected chi connectivity index (χ1v) is 13.6. The van der Waals surface area contributed by atoms with Crippen LogP contribution in [0.4, 0.5) is 0 Å². The van der Waals surface area contributed by atoms with Gasteiger partial charge in [-0.2, -0.15) is 0 Å². The minimum atomic E-state index is -0.134. The van der Waals surface area contributed by atoms with Gasteiger partial charge in [0.1, 0.15) is 17.2 Å². The van der Waals surface area contributed by atoms with E-state index in [4.69, 9.17) is 9.47 Å². The first kappa shape index (κ1) is 24.9. The van der Waals surface area contributed by atoms with Crippen molar-refractivity contribution in [3.05, 3.63) is 77.4 Å². The van der Waals surface area contributed by atoms with Crippen molar-refractivity contribution in [2.24, 2.45) is 10.8 Å². The molecule has 1 N–H and O–H groups in total. The zero-order valence-corrected chi connectivity index (χ0v) is 23.7. The average molecular weight is 507 g/mol. The first-order valence-electron chi connectivity index (χ1n) is 13.6. The van der Waals surface area contributed by atoms with Crippen LogP contribution in [-0.4, -0.2) is 19.3 Å². The molecule has 1 saturated carbocycles. The van der Waals surface area contributed by atoms with Crippen LogP contribution in [-0.2, 0) is 5.41 Å². The van der Waals surface area contributed by atoms with E-state index in [0.29, 0.717) is 5.75 Å². The molecule has 0 atom stereocenters. The van der Waals surface area contributed by atoms with Crippen LogP contribution in [0, 0.1) is 17.8 Å². The maximum Gasteiger partial charge on any atom is 0.127 e. The number of fused-ring (bicyclic) bond motifs is 7. The molecule has 3 heteroatoms. The Hall–Kier alpha value is -3.46. The number of ether oxygens (including phenoxy) is 2. The normalized spacial score (nSPS) is 18.3. The number of aromatic hydroxyl groups is 1. The number of hydrogen-bond acceptors (Lipinski definition) is 3. The fraction of sp³-hybridized carbons (Fsp3) is 0.371. The SMILES string of the molecule is COc1cc(C)ccc1-c1cc2c3c(cc(O)c2cc1OC)C1(CC(C)(C)CC(C)(C)C1)c1ccccc1-3. The maximum atomic E-state index is 11.5. The summed E-state index contributed by atoms with van der Waals surface area (Å²) in [6.45, 7) is 11.7. The van der Waals surface area contributed by atoms with Gasteiger partial charge in [-0.1, -0.05) is 64.1 Å². The Bertz CT molecular complexity index is 1580. The van der Waals surface area contributed by atoms with Crippen LogP contribution in [0.1, 0.15) is 63.6 Å². The molecule has 2 aliphatic carbocycles. The van der Waals surface area contributed by atoms with Gasteiger partial charge in [0.05, 0.1) is 14.2 Å². The fourth-order valence-electron chi connectivity index (χ4n) is 8.26. The van der Waals surface area contributed by atoms with E-state index < -0.39 is 0 Å². The van der Waals surface area contributed by atoms with Crippen LogP contribution >= 0.6 is 0 Å². The molecule has 0 aliphatic heterocycles. The summed E-state index contributed by atoms with van der Waals surface area (Å²) in [5, 5.41) is 13.4. The van der Waals surface area contributed by atoms with Gasteiger partial charge >= 0.3 is 0 Å². The highest BCUT2D eigenvalue weighted by molar-refractivity contribution is 6.08. The predicted octanol–water partition coefficient (Wildman–Crippen LogP) is 9.04. The third-order valence-electron chi connectivity index (χ3n) is 8.83. The topological polar surface area (TPSA) is 38.7 Å². The van der Waals surface area contributed by atoms with Gasteiger partial charge in [-0.3, -0.25) is 0 Å². The summed E-state index contributed by atoms with van der Waals surface area (Å²) >= 11 is 0. The molecule has 3 nitrogen and oxygen atoms in total. The lowest BCUT2D eigenvalue weighted by atomic mass is 9.52.